The topological polar surface area (TPSA) is 114 Å². The van der Waals surface area contributed by atoms with Crippen molar-refractivity contribution in [2.45, 2.75) is 31.6 Å². The van der Waals surface area contributed by atoms with Crippen molar-refractivity contribution >= 4 is 24.0 Å². The number of benzene rings is 2. The molecule has 0 aliphatic heterocycles. The number of carbonyl (C=O) groups excluding carboxylic acids is 3. The number of carbonyl (C=O) groups is 3. The van der Waals surface area contributed by atoms with Crippen LogP contribution in [0.3, 0.4) is 0 Å². The van der Waals surface area contributed by atoms with Crippen molar-refractivity contribution in [1.82, 2.24) is 10.6 Å². The van der Waals surface area contributed by atoms with Gasteiger partial charge in [-0.05, 0) is 17.5 Å². The van der Waals surface area contributed by atoms with Crippen molar-refractivity contribution in [1.29, 1.82) is 0 Å². The molecule has 0 aliphatic carbocycles. The smallest absolute Gasteiger partial charge is 0.407 e. The fraction of sp³-hybridized carbons (Fsp3) is 0.292. The van der Waals surface area contributed by atoms with Crippen LogP contribution in [0.1, 0.15) is 24.0 Å². The first-order chi connectivity index (χ1) is 15.5. The van der Waals surface area contributed by atoms with Gasteiger partial charge in [0, 0.05) is 6.54 Å². The van der Waals surface area contributed by atoms with Crippen LogP contribution in [0.15, 0.2) is 66.7 Å². The van der Waals surface area contributed by atoms with Crippen LogP contribution in [0.5, 0.6) is 0 Å². The molecule has 2 aromatic rings. The molecular formula is C24H28N2O6. The van der Waals surface area contributed by atoms with Gasteiger partial charge in [-0.15, -0.1) is 0 Å². The summed E-state index contributed by atoms with van der Waals surface area (Å²) >= 11 is 0. The summed E-state index contributed by atoms with van der Waals surface area (Å²) in [6.07, 6.45) is 1.69. The van der Waals surface area contributed by atoms with Gasteiger partial charge in [-0.3, -0.25) is 4.79 Å². The van der Waals surface area contributed by atoms with Gasteiger partial charge < -0.3 is 25.2 Å². The number of nitrogens with one attached hydrogen (secondary N) is 2. The van der Waals surface area contributed by atoms with Crippen LogP contribution in [0.4, 0.5) is 4.79 Å². The van der Waals surface area contributed by atoms with Crippen LogP contribution in [0, 0.1) is 0 Å². The van der Waals surface area contributed by atoms with Crippen molar-refractivity contribution in [2.24, 2.45) is 0 Å². The van der Waals surface area contributed by atoms with Crippen molar-refractivity contribution < 1.29 is 29.0 Å². The molecule has 0 fully saturated rings. The van der Waals surface area contributed by atoms with E-state index < -0.39 is 30.1 Å². The number of methoxy groups -OCH3 is 1. The molecule has 0 bridgehead atoms. The lowest BCUT2D eigenvalue weighted by Crippen LogP contribution is -2.43. The summed E-state index contributed by atoms with van der Waals surface area (Å²) in [4.78, 5) is 35.9. The second-order valence-corrected chi connectivity index (χ2v) is 6.99. The molecule has 0 radical (unpaired) electrons. The standard InChI is InChI=1S/C24H28N2O6/c1-31-23(29)21(14-8-13-18-9-4-2-5-10-18)26-22(28)15-20(27)16-25-24(30)32-17-19-11-6-3-7-12-19/h2-13,20-21,27H,14-17H2,1H3,(H,25,30)(H,26,28)/b13-8+/t20-,21-/m1/s1. The van der Waals surface area contributed by atoms with Gasteiger partial charge in [-0.25, -0.2) is 9.59 Å². The molecule has 2 aromatic carbocycles. The highest BCUT2D eigenvalue weighted by Gasteiger charge is 2.22. The van der Waals surface area contributed by atoms with Crippen LogP contribution in [-0.2, 0) is 25.7 Å². The van der Waals surface area contributed by atoms with E-state index in [1.807, 2.05) is 66.7 Å². The minimum Gasteiger partial charge on any atom is -0.467 e. The summed E-state index contributed by atoms with van der Waals surface area (Å²) in [7, 11) is 1.24. The van der Waals surface area contributed by atoms with Crippen LogP contribution in [-0.4, -0.2) is 48.9 Å². The first-order valence-electron chi connectivity index (χ1n) is 10.2. The largest absolute Gasteiger partial charge is 0.467 e. The molecule has 8 heteroatoms. The molecule has 2 atom stereocenters. The van der Waals surface area contributed by atoms with E-state index in [9.17, 15) is 19.5 Å². The van der Waals surface area contributed by atoms with Gasteiger partial charge in [-0.2, -0.15) is 0 Å². The quantitative estimate of drug-likeness (QED) is 0.463. The van der Waals surface area contributed by atoms with Gasteiger partial charge in [0.1, 0.15) is 12.6 Å². The fourth-order valence-electron chi connectivity index (χ4n) is 2.78. The van der Waals surface area contributed by atoms with Gasteiger partial charge in [0.05, 0.1) is 19.6 Å². The zero-order chi connectivity index (χ0) is 23.2. The lowest BCUT2D eigenvalue weighted by Gasteiger charge is -2.17. The zero-order valence-corrected chi connectivity index (χ0v) is 17.9. The summed E-state index contributed by atoms with van der Waals surface area (Å²) in [6, 6.07) is 17.8. The molecule has 0 aliphatic rings. The number of rotatable bonds is 11. The molecule has 2 amide bonds. The molecule has 3 N–H and O–H groups in total. The summed E-state index contributed by atoms with van der Waals surface area (Å²) in [5.74, 6) is -1.13. The first kappa shape index (κ1) is 24.6. The number of aliphatic hydroxyl groups excluding tert-OH is 1. The minimum atomic E-state index is -1.14. The van der Waals surface area contributed by atoms with E-state index in [1.165, 1.54) is 7.11 Å². The molecule has 0 saturated heterocycles. The van der Waals surface area contributed by atoms with Gasteiger partial charge in [-0.1, -0.05) is 72.8 Å². The van der Waals surface area contributed by atoms with Crippen LogP contribution < -0.4 is 10.6 Å². The Morgan fingerprint density at radius 1 is 1.03 bits per heavy atom. The van der Waals surface area contributed by atoms with Gasteiger partial charge in [0.15, 0.2) is 0 Å². The molecule has 0 saturated carbocycles. The monoisotopic (exact) mass is 440 g/mol. The van der Waals surface area contributed by atoms with Gasteiger partial charge in [0.2, 0.25) is 5.91 Å². The molecule has 32 heavy (non-hydrogen) atoms. The summed E-state index contributed by atoms with van der Waals surface area (Å²) in [5.41, 5.74) is 1.79. The Kier molecular flexibility index (Phi) is 10.5. The third kappa shape index (κ3) is 9.44. The fourth-order valence-corrected chi connectivity index (χ4v) is 2.78. The van der Waals surface area contributed by atoms with E-state index in [0.717, 1.165) is 11.1 Å². The lowest BCUT2D eigenvalue weighted by molar-refractivity contribution is -0.145. The highest BCUT2D eigenvalue weighted by atomic mass is 16.5. The molecule has 0 aromatic heterocycles. The Bertz CT molecular complexity index is 886. The van der Waals surface area contributed by atoms with Gasteiger partial charge >= 0.3 is 12.1 Å². The number of esters is 1. The maximum Gasteiger partial charge on any atom is 0.407 e. The Balaban J connectivity index is 1.74. The average Bonchev–Trinajstić information content (AvgIpc) is 2.81. The van der Waals surface area contributed by atoms with Crippen molar-refractivity contribution in [2.75, 3.05) is 13.7 Å². The van der Waals surface area contributed by atoms with Gasteiger partial charge in [0.25, 0.3) is 0 Å². The maximum absolute atomic E-state index is 12.2. The molecule has 0 heterocycles. The van der Waals surface area contributed by atoms with E-state index >= 15 is 0 Å². The average molecular weight is 440 g/mol. The molecular weight excluding hydrogens is 412 g/mol. The Hall–Kier alpha value is -3.65. The molecule has 0 unspecified atom stereocenters. The van der Waals surface area contributed by atoms with Crippen LogP contribution in [0.25, 0.3) is 6.08 Å². The van der Waals surface area contributed by atoms with Crippen molar-refractivity contribution in [3.8, 4) is 0 Å². The summed E-state index contributed by atoms with van der Waals surface area (Å²) in [6.45, 7) is -0.0710. The van der Waals surface area contributed by atoms with E-state index in [-0.39, 0.29) is 26.0 Å². The number of ether oxygens (including phenoxy) is 2. The maximum atomic E-state index is 12.2. The predicted octanol–water partition coefficient (Wildman–Crippen LogP) is 2.43. The number of hydrogen-bond acceptors (Lipinski definition) is 6. The summed E-state index contributed by atoms with van der Waals surface area (Å²) < 4.78 is 9.78. The first-order valence-corrected chi connectivity index (χ1v) is 10.2. The number of aliphatic hydroxyl groups is 1. The molecule has 8 nitrogen and oxygen atoms in total. The van der Waals surface area contributed by atoms with E-state index in [4.69, 9.17) is 9.47 Å². The SMILES string of the molecule is COC(=O)[C@@H](C/C=C/c1ccccc1)NC(=O)C[C@@H](O)CNC(=O)OCc1ccccc1. The predicted molar refractivity (Wildman–Crippen MR) is 119 cm³/mol. The number of amides is 2. The molecule has 2 rings (SSSR count). The summed E-state index contributed by atoms with van der Waals surface area (Å²) in [5, 5.41) is 15.0. The van der Waals surface area contributed by atoms with Crippen LogP contribution >= 0.6 is 0 Å². The number of hydrogen-bond donors (Lipinski definition) is 3. The lowest BCUT2D eigenvalue weighted by atomic mass is 10.1. The Labute approximate surface area is 187 Å². The Morgan fingerprint density at radius 2 is 1.69 bits per heavy atom. The molecule has 170 valence electrons. The highest BCUT2D eigenvalue weighted by molar-refractivity contribution is 5.84. The number of alkyl carbamates (subject to hydrolysis) is 1. The Morgan fingerprint density at radius 3 is 2.34 bits per heavy atom. The third-order valence-corrected chi connectivity index (χ3v) is 4.42. The second-order valence-electron chi connectivity index (χ2n) is 6.99. The van der Waals surface area contributed by atoms with Crippen molar-refractivity contribution in [3.63, 3.8) is 0 Å². The second kappa shape index (κ2) is 13.6. The van der Waals surface area contributed by atoms with Crippen LogP contribution in [0.2, 0.25) is 0 Å². The van der Waals surface area contributed by atoms with E-state index in [1.54, 1.807) is 6.08 Å². The minimum absolute atomic E-state index is 0.0978. The van der Waals surface area contributed by atoms with E-state index in [2.05, 4.69) is 10.6 Å². The highest BCUT2D eigenvalue weighted by Crippen LogP contribution is 2.05. The zero-order valence-electron chi connectivity index (χ0n) is 17.9. The van der Waals surface area contributed by atoms with E-state index in [0.29, 0.717) is 0 Å². The van der Waals surface area contributed by atoms with Crippen molar-refractivity contribution in [3.05, 3.63) is 77.9 Å². The normalized spacial score (nSPS) is 12.6. The third-order valence-electron chi connectivity index (χ3n) is 4.42. The molecule has 0 spiro atoms.